The van der Waals surface area contributed by atoms with Gasteiger partial charge in [0.15, 0.2) is 0 Å². The molecule has 0 aromatic rings. The van der Waals surface area contributed by atoms with E-state index in [0.717, 1.165) is 0 Å². The average Bonchev–Trinajstić information content (AvgIpc) is 1.82. The van der Waals surface area contributed by atoms with Gasteiger partial charge in [-0.3, -0.25) is 0 Å². The van der Waals surface area contributed by atoms with Gasteiger partial charge in [-0.1, -0.05) is 0 Å². The summed E-state index contributed by atoms with van der Waals surface area (Å²) in [5.41, 5.74) is 0. The predicted molar refractivity (Wildman–Crippen MR) is 27.5 cm³/mol. The Bertz CT molecular complexity index is 152. The second-order valence-electron chi connectivity index (χ2n) is 1.79. The molecule has 12 heavy (non-hydrogen) atoms. The molecule has 0 saturated heterocycles. The van der Waals surface area contributed by atoms with Gasteiger partial charge in [0.25, 0.3) is 0 Å². The first kappa shape index (κ1) is 18.6. The van der Waals surface area contributed by atoms with Crippen molar-refractivity contribution in [2.75, 3.05) is 6.54 Å². The minimum absolute atomic E-state index is 0. The van der Waals surface area contributed by atoms with Gasteiger partial charge in [-0.05, 0) is 6.92 Å². The Kier molecular flexibility index (Phi) is 15.5. The zero-order chi connectivity index (χ0) is 8.15. The van der Waals surface area contributed by atoms with Gasteiger partial charge in [-0.15, -0.1) is 0 Å². The van der Waals surface area contributed by atoms with E-state index >= 15 is 0 Å². The van der Waals surface area contributed by atoms with Crippen molar-refractivity contribution in [2.24, 2.45) is 0 Å². The van der Waals surface area contributed by atoms with Crippen molar-refractivity contribution in [1.29, 1.82) is 0 Å². The van der Waals surface area contributed by atoms with Crippen molar-refractivity contribution < 1.29 is 78.9 Å². The van der Waals surface area contributed by atoms with Crippen LogP contribution in [0.2, 0.25) is 0 Å². The first-order valence-electron chi connectivity index (χ1n) is 2.68. The second-order valence-corrected chi connectivity index (χ2v) is 1.79. The third-order valence-corrected chi connectivity index (χ3v) is 0.906. The maximum Gasteiger partial charge on any atom is 1.00 e. The Morgan fingerprint density at radius 2 is 1.75 bits per heavy atom. The number of carboxylic acid groups (broad SMARTS) is 2. The summed E-state index contributed by atoms with van der Waals surface area (Å²) in [6, 6.07) is -0.960. The fraction of sp³-hybridized carbons (Fsp3) is 0.600. The molecule has 0 radical (unpaired) electrons. The third-order valence-electron chi connectivity index (χ3n) is 0.906. The number of aliphatic carboxylic acids is 2. The van der Waals surface area contributed by atoms with Crippen molar-refractivity contribution in [3.8, 4) is 0 Å². The van der Waals surface area contributed by atoms with Crippen LogP contribution in [0.3, 0.4) is 0 Å². The van der Waals surface area contributed by atoms with E-state index in [1.54, 1.807) is 0 Å². The molecule has 58 valence electrons. The van der Waals surface area contributed by atoms with Gasteiger partial charge in [0.05, 0.1) is 11.9 Å². The maximum absolute atomic E-state index is 9.92. The minimum atomic E-state index is -1.34. The van der Waals surface area contributed by atoms with Crippen molar-refractivity contribution in [1.82, 2.24) is 5.32 Å². The summed E-state index contributed by atoms with van der Waals surface area (Å²) in [4.78, 5) is 19.7. The van der Waals surface area contributed by atoms with Gasteiger partial charge < -0.3 is 25.1 Å². The molecule has 0 aliphatic rings. The molecule has 0 rings (SSSR count). The van der Waals surface area contributed by atoms with Gasteiger partial charge in [-0.25, -0.2) is 0 Å². The van der Waals surface area contributed by atoms with Crippen LogP contribution < -0.4 is 74.6 Å². The average molecular weight is 191 g/mol. The molecule has 0 spiro atoms. The first-order valence-corrected chi connectivity index (χ1v) is 2.68. The smallest absolute Gasteiger partial charge is 0.549 e. The molecule has 1 atom stereocenters. The van der Waals surface area contributed by atoms with Gasteiger partial charge in [0, 0.05) is 12.6 Å². The fourth-order valence-electron chi connectivity index (χ4n) is 0.320. The van der Waals surface area contributed by atoms with E-state index in [4.69, 9.17) is 0 Å². The van der Waals surface area contributed by atoms with E-state index in [9.17, 15) is 19.8 Å². The number of nitrogens with one attached hydrogen (secondary N) is 1. The van der Waals surface area contributed by atoms with Crippen molar-refractivity contribution in [2.45, 2.75) is 13.0 Å². The summed E-state index contributed by atoms with van der Waals surface area (Å²) < 4.78 is 0. The van der Waals surface area contributed by atoms with Crippen LogP contribution in [-0.2, 0) is 9.59 Å². The topological polar surface area (TPSA) is 92.3 Å². The van der Waals surface area contributed by atoms with Crippen LogP contribution in [-0.4, -0.2) is 24.5 Å². The molecule has 0 aromatic carbocycles. The summed E-state index contributed by atoms with van der Waals surface area (Å²) in [5.74, 6) is -2.67. The SMILES string of the molecule is CC(NCC(=O)[O-])C(=O)[O-].[Na+].[Na+]. The molecule has 0 heterocycles. The zero-order valence-corrected chi connectivity index (χ0v) is 11.4. The summed E-state index contributed by atoms with van der Waals surface area (Å²) in [6.45, 7) is 0.813. The molecule has 0 bridgehead atoms. The number of carboxylic acids is 2. The first-order chi connectivity index (χ1) is 4.54. The Balaban J connectivity index is -0.000000405. The molecule has 0 aliphatic carbocycles. The summed E-state index contributed by atoms with van der Waals surface area (Å²) >= 11 is 0. The van der Waals surface area contributed by atoms with Crippen molar-refractivity contribution in [3.05, 3.63) is 0 Å². The molecule has 5 nitrogen and oxygen atoms in total. The predicted octanol–water partition coefficient (Wildman–Crippen LogP) is -9.53. The van der Waals surface area contributed by atoms with Crippen LogP contribution in [0, 0.1) is 0 Å². The molecule has 0 saturated carbocycles. The van der Waals surface area contributed by atoms with Gasteiger partial charge >= 0.3 is 59.1 Å². The number of carbonyl (C=O) groups is 2. The van der Waals surface area contributed by atoms with E-state index in [-0.39, 0.29) is 59.1 Å². The largest absolute Gasteiger partial charge is 1.00 e. The number of hydrogen-bond acceptors (Lipinski definition) is 5. The minimum Gasteiger partial charge on any atom is -0.549 e. The third kappa shape index (κ3) is 10.9. The van der Waals surface area contributed by atoms with Crippen molar-refractivity contribution in [3.63, 3.8) is 0 Å². The Morgan fingerprint density at radius 1 is 1.33 bits per heavy atom. The monoisotopic (exact) mass is 191 g/mol. The number of rotatable bonds is 4. The summed E-state index contributed by atoms with van der Waals surface area (Å²) in [7, 11) is 0. The number of hydrogen-bond donors (Lipinski definition) is 1. The Labute approximate surface area is 114 Å². The normalized spacial score (nSPS) is 10.4. The molecular formula is C5H7NNa2O4. The molecular weight excluding hydrogens is 184 g/mol. The molecule has 7 heteroatoms. The van der Waals surface area contributed by atoms with E-state index in [0.29, 0.717) is 0 Å². The Morgan fingerprint density at radius 3 is 2.00 bits per heavy atom. The zero-order valence-electron chi connectivity index (χ0n) is 7.42. The van der Waals surface area contributed by atoms with Crippen LogP contribution in [0.4, 0.5) is 0 Å². The Hall–Kier alpha value is 0.900. The fourth-order valence-corrected chi connectivity index (χ4v) is 0.320. The van der Waals surface area contributed by atoms with Crippen LogP contribution >= 0.6 is 0 Å². The van der Waals surface area contributed by atoms with E-state index in [2.05, 4.69) is 5.32 Å². The molecule has 0 aliphatic heterocycles. The van der Waals surface area contributed by atoms with Crippen LogP contribution in [0.1, 0.15) is 6.92 Å². The van der Waals surface area contributed by atoms with Crippen LogP contribution in [0.5, 0.6) is 0 Å². The molecule has 1 unspecified atom stereocenters. The van der Waals surface area contributed by atoms with Gasteiger partial charge in [0.2, 0.25) is 0 Å². The molecule has 0 fully saturated rings. The number of carbonyl (C=O) groups excluding carboxylic acids is 2. The van der Waals surface area contributed by atoms with E-state index in [1.807, 2.05) is 0 Å². The maximum atomic E-state index is 9.92. The summed E-state index contributed by atoms with van der Waals surface area (Å²) in [5, 5.41) is 21.8. The molecule has 0 amide bonds. The molecule has 1 N–H and O–H groups in total. The van der Waals surface area contributed by atoms with E-state index < -0.39 is 24.5 Å². The summed E-state index contributed by atoms with van der Waals surface area (Å²) in [6.07, 6.45) is 0. The second kappa shape index (κ2) is 9.98. The van der Waals surface area contributed by atoms with Gasteiger partial charge in [-0.2, -0.15) is 0 Å². The van der Waals surface area contributed by atoms with Gasteiger partial charge in [0.1, 0.15) is 0 Å². The van der Waals surface area contributed by atoms with Crippen LogP contribution in [0.15, 0.2) is 0 Å². The molecule has 0 aromatic heterocycles. The standard InChI is InChI=1S/C5H9NO4.2Na/c1-3(5(9)10)6-2-4(7)8;;/h3,6H,2H2,1H3,(H,7,8)(H,9,10);;/q;2*+1/p-2. The van der Waals surface area contributed by atoms with E-state index in [1.165, 1.54) is 6.92 Å². The van der Waals surface area contributed by atoms with Crippen LogP contribution in [0.25, 0.3) is 0 Å². The van der Waals surface area contributed by atoms with Crippen molar-refractivity contribution >= 4 is 11.9 Å². The quantitative estimate of drug-likeness (QED) is 0.445.